The minimum Gasteiger partial charge on any atom is -0.375 e. The average Bonchev–Trinajstić information content (AvgIpc) is 2.41. The Labute approximate surface area is 119 Å². The van der Waals surface area contributed by atoms with Crippen molar-refractivity contribution in [2.75, 3.05) is 13.7 Å². The highest BCUT2D eigenvalue weighted by molar-refractivity contribution is 4.93. The number of rotatable bonds is 5. The fourth-order valence-electron chi connectivity index (χ4n) is 4.54. The molecule has 2 rings (SSSR count). The van der Waals surface area contributed by atoms with Crippen LogP contribution in [0.3, 0.4) is 0 Å². The number of nitrogens with one attached hydrogen (secondary N) is 1. The molecule has 3 unspecified atom stereocenters. The van der Waals surface area contributed by atoms with E-state index in [1.165, 1.54) is 57.8 Å². The van der Waals surface area contributed by atoms with Crippen LogP contribution in [0.1, 0.15) is 71.6 Å². The molecule has 1 heterocycles. The first kappa shape index (κ1) is 15.3. The van der Waals surface area contributed by atoms with Gasteiger partial charge in [-0.3, -0.25) is 0 Å². The van der Waals surface area contributed by atoms with Gasteiger partial charge in [0.1, 0.15) is 0 Å². The normalized spacial score (nSPS) is 30.2. The molecule has 1 aliphatic heterocycles. The van der Waals surface area contributed by atoms with Gasteiger partial charge in [0.2, 0.25) is 0 Å². The second-order valence-electron chi connectivity index (χ2n) is 6.93. The summed E-state index contributed by atoms with van der Waals surface area (Å²) in [4.78, 5) is 0. The van der Waals surface area contributed by atoms with Gasteiger partial charge in [0, 0.05) is 12.6 Å². The monoisotopic (exact) mass is 267 g/mol. The lowest BCUT2D eigenvalue weighted by Crippen LogP contribution is -2.49. The average molecular weight is 267 g/mol. The van der Waals surface area contributed by atoms with Crippen molar-refractivity contribution in [2.24, 2.45) is 11.8 Å². The van der Waals surface area contributed by atoms with Crippen LogP contribution < -0.4 is 5.32 Å². The Morgan fingerprint density at radius 3 is 2.63 bits per heavy atom. The van der Waals surface area contributed by atoms with Crippen LogP contribution in [0.5, 0.6) is 0 Å². The van der Waals surface area contributed by atoms with E-state index >= 15 is 0 Å². The molecule has 1 saturated heterocycles. The van der Waals surface area contributed by atoms with Gasteiger partial charge >= 0.3 is 0 Å². The molecule has 2 fully saturated rings. The van der Waals surface area contributed by atoms with Crippen molar-refractivity contribution in [1.29, 1.82) is 0 Å². The molecular weight excluding hydrogens is 234 g/mol. The molecular formula is C17H33NO. The molecule has 2 nitrogen and oxygen atoms in total. The van der Waals surface area contributed by atoms with E-state index < -0.39 is 0 Å². The summed E-state index contributed by atoms with van der Waals surface area (Å²) in [5, 5.41) is 3.62. The van der Waals surface area contributed by atoms with E-state index in [9.17, 15) is 0 Å². The van der Waals surface area contributed by atoms with Gasteiger partial charge in [0.05, 0.1) is 5.60 Å². The van der Waals surface area contributed by atoms with Gasteiger partial charge < -0.3 is 10.1 Å². The Hall–Kier alpha value is -0.0800. The maximum atomic E-state index is 6.24. The molecule has 19 heavy (non-hydrogen) atoms. The van der Waals surface area contributed by atoms with Gasteiger partial charge in [-0.25, -0.2) is 0 Å². The van der Waals surface area contributed by atoms with E-state index in [1.807, 2.05) is 0 Å². The van der Waals surface area contributed by atoms with Crippen molar-refractivity contribution in [3.8, 4) is 0 Å². The number of hydrogen-bond acceptors (Lipinski definition) is 2. The smallest absolute Gasteiger partial charge is 0.0685 e. The Balaban J connectivity index is 1.98. The molecule has 0 aromatic rings. The molecule has 0 aromatic carbocycles. The standard InChI is InChI=1S/C17H33NO/c1-4-8-14(2)16(18-3)15-9-12-19-17(13-15)10-6-5-7-11-17/h14-16,18H,4-13H2,1-3H3. The zero-order valence-electron chi connectivity index (χ0n) is 13.2. The summed E-state index contributed by atoms with van der Waals surface area (Å²) < 4.78 is 6.24. The van der Waals surface area contributed by atoms with Crippen LogP contribution >= 0.6 is 0 Å². The number of hydrogen-bond donors (Lipinski definition) is 1. The Morgan fingerprint density at radius 1 is 1.26 bits per heavy atom. The highest BCUT2D eigenvalue weighted by atomic mass is 16.5. The van der Waals surface area contributed by atoms with E-state index in [0.29, 0.717) is 6.04 Å². The van der Waals surface area contributed by atoms with Crippen LogP contribution in [0.2, 0.25) is 0 Å². The van der Waals surface area contributed by atoms with Gasteiger partial charge in [0.15, 0.2) is 0 Å². The minimum atomic E-state index is 0.252. The quantitative estimate of drug-likeness (QED) is 0.808. The molecule has 112 valence electrons. The van der Waals surface area contributed by atoms with Crippen molar-refractivity contribution in [2.45, 2.75) is 83.3 Å². The lowest BCUT2D eigenvalue weighted by Gasteiger charge is -2.46. The molecule has 1 saturated carbocycles. The van der Waals surface area contributed by atoms with Crippen molar-refractivity contribution in [3.63, 3.8) is 0 Å². The fraction of sp³-hybridized carbons (Fsp3) is 1.00. The Bertz CT molecular complexity index is 254. The summed E-state index contributed by atoms with van der Waals surface area (Å²) in [6.07, 6.45) is 12.0. The minimum absolute atomic E-state index is 0.252. The third-order valence-corrected chi connectivity index (χ3v) is 5.49. The highest BCUT2D eigenvalue weighted by Gasteiger charge is 2.41. The predicted molar refractivity (Wildman–Crippen MR) is 81.4 cm³/mol. The molecule has 3 atom stereocenters. The Morgan fingerprint density at radius 2 is 2.00 bits per heavy atom. The third kappa shape index (κ3) is 3.72. The summed E-state index contributed by atoms with van der Waals surface area (Å²) >= 11 is 0. The number of ether oxygens (including phenoxy) is 1. The molecule has 2 heteroatoms. The van der Waals surface area contributed by atoms with Gasteiger partial charge in [0.25, 0.3) is 0 Å². The van der Waals surface area contributed by atoms with Crippen LogP contribution in [0.4, 0.5) is 0 Å². The van der Waals surface area contributed by atoms with E-state index in [4.69, 9.17) is 4.74 Å². The summed E-state index contributed by atoms with van der Waals surface area (Å²) in [5.74, 6) is 1.61. The maximum Gasteiger partial charge on any atom is 0.0685 e. The van der Waals surface area contributed by atoms with Crippen molar-refractivity contribution in [3.05, 3.63) is 0 Å². The molecule has 1 spiro atoms. The topological polar surface area (TPSA) is 21.3 Å². The third-order valence-electron chi connectivity index (χ3n) is 5.49. The lowest BCUT2D eigenvalue weighted by molar-refractivity contribution is -0.123. The second kappa shape index (κ2) is 7.08. The highest BCUT2D eigenvalue weighted by Crippen LogP contribution is 2.42. The van der Waals surface area contributed by atoms with Crippen LogP contribution in [0.25, 0.3) is 0 Å². The molecule has 0 aromatic heterocycles. The first-order valence-corrected chi connectivity index (χ1v) is 8.52. The molecule has 0 radical (unpaired) electrons. The van der Waals surface area contributed by atoms with Crippen LogP contribution in [-0.2, 0) is 4.74 Å². The van der Waals surface area contributed by atoms with Crippen LogP contribution in [0.15, 0.2) is 0 Å². The summed E-state index contributed by atoms with van der Waals surface area (Å²) in [6, 6.07) is 0.683. The summed E-state index contributed by atoms with van der Waals surface area (Å²) in [6.45, 7) is 5.71. The van der Waals surface area contributed by atoms with E-state index in [-0.39, 0.29) is 5.60 Å². The van der Waals surface area contributed by atoms with E-state index in [1.54, 1.807) is 0 Å². The predicted octanol–water partition coefficient (Wildman–Crippen LogP) is 4.14. The fourth-order valence-corrected chi connectivity index (χ4v) is 4.54. The van der Waals surface area contributed by atoms with Gasteiger partial charge in [-0.2, -0.15) is 0 Å². The first-order valence-electron chi connectivity index (χ1n) is 8.52. The van der Waals surface area contributed by atoms with E-state index in [0.717, 1.165) is 18.4 Å². The largest absolute Gasteiger partial charge is 0.375 e. The zero-order chi connectivity index (χ0) is 13.7. The van der Waals surface area contributed by atoms with Gasteiger partial charge in [-0.15, -0.1) is 0 Å². The van der Waals surface area contributed by atoms with Crippen molar-refractivity contribution in [1.82, 2.24) is 5.32 Å². The molecule has 0 amide bonds. The van der Waals surface area contributed by atoms with Gasteiger partial charge in [-0.1, -0.05) is 39.5 Å². The summed E-state index contributed by atoms with van der Waals surface area (Å²) in [7, 11) is 2.15. The van der Waals surface area contributed by atoms with E-state index in [2.05, 4.69) is 26.2 Å². The zero-order valence-corrected chi connectivity index (χ0v) is 13.2. The van der Waals surface area contributed by atoms with Crippen LogP contribution in [-0.4, -0.2) is 25.3 Å². The maximum absolute atomic E-state index is 6.24. The van der Waals surface area contributed by atoms with Crippen molar-refractivity contribution >= 4 is 0 Å². The molecule has 1 N–H and O–H groups in total. The molecule has 1 aliphatic carbocycles. The molecule has 2 aliphatic rings. The van der Waals surface area contributed by atoms with Gasteiger partial charge in [-0.05, 0) is 51.0 Å². The molecule has 0 bridgehead atoms. The van der Waals surface area contributed by atoms with Crippen LogP contribution in [0, 0.1) is 11.8 Å². The second-order valence-corrected chi connectivity index (χ2v) is 6.93. The summed E-state index contributed by atoms with van der Waals surface area (Å²) in [5.41, 5.74) is 0.252. The van der Waals surface area contributed by atoms with Crippen molar-refractivity contribution < 1.29 is 4.74 Å². The Kier molecular flexibility index (Phi) is 5.70. The first-order chi connectivity index (χ1) is 9.21. The SMILES string of the molecule is CCCC(C)C(NC)C1CCOC2(CCCCC2)C1. The lowest BCUT2D eigenvalue weighted by atomic mass is 9.72.